The normalized spacial score (nSPS) is 15.6. The van der Waals surface area contributed by atoms with Crippen molar-refractivity contribution in [1.82, 2.24) is 0 Å². The zero-order valence-electron chi connectivity index (χ0n) is 15.7. The summed E-state index contributed by atoms with van der Waals surface area (Å²) in [6.45, 7) is 6.60. The van der Waals surface area contributed by atoms with Crippen LogP contribution in [0.15, 0.2) is 42.5 Å². The zero-order valence-corrected chi connectivity index (χ0v) is 15.7. The minimum Gasteiger partial charge on any atom is -0.490 e. The molecule has 0 bridgehead atoms. The Bertz CT molecular complexity index is 862. The standard InChI is InChI=1S/C21H23FN2O3/c1-4-11-24-17-10-9-16(12-18(17)27-13-21(2,3)20(24)26)23-19(25)14-5-7-15(22)8-6-14/h5-10,12H,4,11,13H2,1-3H3,(H,23,25). The van der Waals surface area contributed by atoms with Crippen LogP contribution in [0.5, 0.6) is 5.75 Å². The Morgan fingerprint density at radius 3 is 2.59 bits per heavy atom. The van der Waals surface area contributed by atoms with Crippen LogP contribution in [0.25, 0.3) is 0 Å². The summed E-state index contributed by atoms with van der Waals surface area (Å²) in [5, 5.41) is 2.78. The van der Waals surface area contributed by atoms with E-state index in [1.165, 1.54) is 24.3 Å². The molecule has 5 nitrogen and oxygen atoms in total. The maximum Gasteiger partial charge on any atom is 0.255 e. The molecule has 0 saturated heterocycles. The molecule has 0 atom stereocenters. The summed E-state index contributed by atoms with van der Waals surface area (Å²) >= 11 is 0. The maximum atomic E-state index is 13.0. The second-order valence-corrected chi connectivity index (χ2v) is 7.27. The van der Waals surface area contributed by atoms with Crippen molar-refractivity contribution in [2.24, 2.45) is 5.41 Å². The third kappa shape index (κ3) is 3.94. The summed E-state index contributed by atoms with van der Waals surface area (Å²) < 4.78 is 18.9. The number of anilines is 2. The molecular weight excluding hydrogens is 347 g/mol. The van der Waals surface area contributed by atoms with E-state index >= 15 is 0 Å². The highest BCUT2D eigenvalue weighted by molar-refractivity contribution is 6.05. The van der Waals surface area contributed by atoms with Gasteiger partial charge in [0.15, 0.2) is 0 Å². The number of rotatable bonds is 4. The van der Waals surface area contributed by atoms with Gasteiger partial charge in [0.25, 0.3) is 5.91 Å². The molecule has 27 heavy (non-hydrogen) atoms. The molecule has 2 aromatic rings. The Hall–Kier alpha value is -2.89. The monoisotopic (exact) mass is 370 g/mol. The first-order valence-corrected chi connectivity index (χ1v) is 8.97. The Kier molecular flexibility index (Phi) is 5.17. The highest BCUT2D eigenvalue weighted by Gasteiger charge is 2.37. The number of benzene rings is 2. The number of nitrogens with one attached hydrogen (secondary N) is 1. The van der Waals surface area contributed by atoms with Crippen LogP contribution in [-0.4, -0.2) is 25.0 Å². The third-order valence-corrected chi connectivity index (χ3v) is 4.47. The Labute approximate surface area is 158 Å². The van der Waals surface area contributed by atoms with Crippen LogP contribution in [-0.2, 0) is 4.79 Å². The fourth-order valence-electron chi connectivity index (χ4n) is 2.98. The van der Waals surface area contributed by atoms with Gasteiger partial charge in [0.05, 0.1) is 11.1 Å². The predicted octanol–water partition coefficient (Wildman–Crippen LogP) is 4.24. The maximum absolute atomic E-state index is 13.0. The van der Waals surface area contributed by atoms with Gasteiger partial charge >= 0.3 is 0 Å². The minimum absolute atomic E-state index is 0.0196. The summed E-state index contributed by atoms with van der Waals surface area (Å²) in [6, 6.07) is 10.6. The molecule has 1 aliphatic heterocycles. The van der Waals surface area contributed by atoms with E-state index < -0.39 is 11.2 Å². The first-order valence-electron chi connectivity index (χ1n) is 8.97. The Morgan fingerprint density at radius 1 is 1.22 bits per heavy atom. The second kappa shape index (κ2) is 7.39. The minimum atomic E-state index is -0.633. The summed E-state index contributed by atoms with van der Waals surface area (Å²) in [6.07, 6.45) is 0.824. The molecule has 0 aromatic heterocycles. The van der Waals surface area contributed by atoms with Crippen LogP contribution in [0, 0.1) is 11.2 Å². The van der Waals surface area contributed by atoms with Crippen LogP contribution in [0.2, 0.25) is 0 Å². The molecular formula is C21H23FN2O3. The summed E-state index contributed by atoms with van der Waals surface area (Å²) in [4.78, 5) is 26.9. The lowest BCUT2D eigenvalue weighted by Crippen LogP contribution is -2.42. The first kappa shape index (κ1) is 18.9. The number of halogens is 1. The van der Waals surface area contributed by atoms with Gasteiger partial charge in [-0.05, 0) is 56.7 Å². The molecule has 1 heterocycles. The highest BCUT2D eigenvalue weighted by atomic mass is 19.1. The van der Waals surface area contributed by atoms with Crippen molar-refractivity contribution in [3.05, 3.63) is 53.8 Å². The lowest BCUT2D eigenvalue weighted by Gasteiger charge is -2.27. The van der Waals surface area contributed by atoms with E-state index in [2.05, 4.69) is 5.32 Å². The topological polar surface area (TPSA) is 58.6 Å². The molecule has 2 amide bonds. The molecule has 1 N–H and O–H groups in total. The van der Waals surface area contributed by atoms with Crippen molar-refractivity contribution < 1.29 is 18.7 Å². The molecule has 0 spiro atoms. The number of fused-ring (bicyclic) bond motifs is 1. The van der Waals surface area contributed by atoms with Gasteiger partial charge in [-0.15, -0.1) is 0 Å². The third-order valence-electron chi connectivity index (χ3n) is 4.47. The largest absolute Gasteiger partial charge is 0.490 e. The number of carbonyl (C=O) groups excluding carboxylic acids is 2. The zero-order chi connectivity index (χ0) is 19.6. The van der Waals surface area contributed by atoms with Gasteiger partial charge in [0, 0.05) is 23.9 Å². The van der Waals surface area contributed by atoms with Crippen LogP contribution in [0.4, 0.5) is 15.8 Å². The van der Waals surface area contributed by atoms with Crippen LogP contribution < -0.4 is 15.0 Å². The van der Waals surface area contributed by atoms with Gasteiger partial charge in [0.2, 0.25) is 5.91 Å². The van der Waals surface area contributed by atoms with Gasteiger partial charge in [0.1, 0.15) is 18.2 Å². The summed E-state index contributed by atoms with van der Waals surface area (Å²) in [7, 11) is 0. The average molecular weight is 370 g/mol. The fraction of sp³-hybridized carbons (Fsp3) is 0.333. The van der Waals surface area contributed by atoms with Crippen molar-refractivity contribution in [2.75, 3.05) is 23.4 Å². The van der Waals surface area contributed by atoms with Crippen LogP contribution in [0.3, 0.4) is 0 Å². The molecule has 0 aliphatic carbocycles. The van der Waals surface area contributed by atoms with Crippen LogP contribution >= 0.6 is 0 Å². The lowest BCUT2D eigenvalue weighted by atomic mass is 9.93. The van der Waals surface area contributed by atoms with Crippen molar-refractivity contribution in [2.45, 2.75) is 27.2 Å². The molecule has 1 aliphatic rings. The number of nitrogens with zero attached hydrogens (tertiary/aromatic N) is 1. The smallest absolute Gasteiger partial charge is 0.255 e. The molecule has 6 heteroatoms. The quantitative estimate of drug-likeness (QED) is 0.876. The van der Waals surface area contributed by atoms with Crippen LogP contribution in [0.1, 0.15) is 37.6 Å². The van der Waals surface area contributed by atoms with Crippen molar-refractivity contribution in [3.63, 3.8) is 0 Å². The molecule has 3 rings (SSSR count). The fourth-order valence-corrected chi connectivity index (χ4v) is 2.98. The molecule has 0 fully saturated rings. The number of carbonyl (C=O) groups is 2. The Balaban J connectivity index is 1.87. The number of amides is 2. The predicted molar refractivity (Wildman–Crippen MR) is 103 cm³/mol. The van der Waals surface area contributed by atoms with E-state index in [0.717, 1.165) is 6.42 Å². The molecule has 0 radical (unpaired) electrons. The average Bonchev–Trinajstić information content (AvgIpc) is 2.73. The van der Waals surface area contributed by atoms with E-state index in [4.69, 9.17) is 4.74 Å². The SMILES string of the molecule is CCCN1C(=O)C(C)(C)COc2cc(NC(=O)c3ccc(F)cc3)ccc21. The lowest BCUT2D eigenvalue weighted by molar-refractivity contribution is -0.127. The van der Waals surface area contributed by atoms with Crippen molar-refractivity contribution in [1.29, 1.82) is 0 Å². The summed E-state index contributed by atoms with van der Waals surface area (Å²) in [5.41, 5.74) is 0.973. The van der Waals surface area contributed by atoms with Gasteiger partial charge in [-0.3, -0.25) is 9.59 Å². The van der Waals surface area contributed by atoms with Gasteiger partial charge in [-0.1, -0.05) is 6.92 Å². The first-order chi connectivity index (χ1) is 12.8. The van der Waals surface area contributed by atoms with Crippen molar-refractivity contribution >= 4 is 23.2 Å². The second-order valence-electron chi connectivity index (χ2n) is 7.27. The molecule has 142 valence electrons. The van der Waals surface area contributed by atoms with E-state index in [-0.39, 0.29) is 18.4 Å². The van der Waals surface area contributed by atoms with E-state index in [1.807, 2.05) is 20.8 Å². The van der Waals surface area contributed by atoms with Gasteiger partial charge < -0.3 is 15.0 Å². The number of hydrogen-bond acceptors (Lipinski definition) is 3. The van der Waals surface area contributed by atoms with Gasteiger partial charge in [-0.2, -0.15) is 0 Å². The van der Waals surface area contributed by atoms with Crippen molar-refractivity contribution in [3.8, 4) is 5.75 Å². The highest BCUT2D eigenvalue weighted by Crippen LogP contribution is 2.38. The summed E-state index contributed by atoms with van der Waals surface area (Å²) in [5.74, 6) is -0.163. The van der Waals surface area contributed by atoms with Gasteiger partial charge in [-0.25, -0.2) is 4.39 Å². The molecule has 0 unspecified atom stereocenters. The van der Waals surface area contributed by atoms with E-state index in [0.29, 0.717) is 29.2 Å². The molecule has 0 saturated carbocycles. The van der Waals surface area contributed by atoms with E-state index in [1.54, 1.807) is 23.1 Å². The molecule has 2 aromatic carbocycles. The van der Waals surface area contributed by atoms with E-state index in [9.17, 15) is 14.0 Å². The Morgan fingerprint density at radius 2 is 1.93 bits per heavy atom. The number of ether oxygens (including phenoxy) is 1. The number of hydrogen-bond donors (Lipinski definition) is 1.